The smallest absolute Gasteiger partial charge is 0.251 e. The number of hydrogen-bond acceptors (Lipinski definition) is 3. The Balaban J connectivity index is 1.79. The normalized spacial score (nSPS) is 18.6. The standard InChI is InChI=1S/C14H20N2O2/c1-18-13-6-2-4-11(10-13)14(17)16-9-7-12-5-3-8-15-12/h2,4,6,10,12,15H,3,5,7-9H2,1H3,(H,16,17)/t12-/m0/s1. The highest BCUT2D eigenvalue weighted by molar-refractivity contribution is 5.94. The molecule has 0 spiro atoms. The Bertz CT molecular complexity index is 401. The second kappa shape index (κ2) is 6.40. The van der Waals surface area contributed by atoms with E-state index in [1.165, 1.54) is 12.8 Å². The zero-order valence-corrected chi connectivity index (χ0v) is 10.7. The van der Waals surface area contributed by atoms with Gasteiger partial charge in [-0.05, 0) is 44.0 Å². The van der Waals surface area contributed by atoms with Gasteiger partial charge in [0.1, 0.15) is 5.75 Å². The molecular formula is C14H20N2O2. The highest BCUT2D eigenvalue weighted by Gasteiger charge is 2.14. The monoisotopic (exact) mass is 248 g/mol. The summed E-state index contributed by atoms with van der Waals surface area (Å²) in [6.07, 6.45) is 3.46. The predicted molar refractivity (Wildman–Crippen MR) is 71.0 cm³/mol. The molecule has 2 N–H and O–H groups in total. The molecule has 1 fully saturated rings. The molecule has 0 bridgehead atoms. The predicted octanol–water partition coefficient (Wildman–Crippen LogP) is 1.57. The van der Waals surface area contributed by atoms with Gasteiger partial charge in [-0.25, -0.2) is 0 Å². The number of nitrogens with one attached hydrogen (secondary N) is 2. The van der Waals surface area contributed by atoms with E-state index in [2.05, 4.69) is 10.6 Å². The molecule has 0 aromatic heterocycles. The van der Waals surface area contributed by atoms with Gasteiger partial charge in [0.15, 0.2) is 0 Å². The van der Waals surface area contributed by atoms with Crippen molar-refractivity contribution in [2.24, 2.45) is 0 Å². The van der Waals surface area contributed by atoms with Gasteiger partial charge in [-0.15, -0.1) is 0 Å². The molecule has 1 amide bonds. The number of benzene rings is 1. The zero-order chi connectivity index (χ0) is 12.8. The number of carbonyl (C=O) groups is 1. The van der Waals surface area contributed by atoms with Crippen LogP contribution in [0.15, 0.2) is 24.3 Å². The number of hydrogen-bond donors (Lipinski definition) is 2. The van der Waals surface area contributed by atoms with Gasteiger partial charge < -0.3 is 15.4 Å². The zero-order valence-electron chi connectivity index (χ0n) is 10.7. The third-order valence-corrected chi connectivity index (χ3v) is 3.27. The van der Waals surface area contributed by atoms with Crippen LogP contribution in [0.3, 0.4) is 0 Å². The average molecular weight is 248 g/mol. The van der Waals surface area contributed by atoms with Crippen LogP contribution in [0.1, 0.15) is 29.6 Å². The van der Waals surface area contributed by atoms with Crippen molar-refractivity contribution >= 4 is 5.91 Å². The summed E-state index contributed by atoms with van der Waals surface area (Å²) in [6.45, 7) is 1.82. The molecule has 1 aromatic rings. The van der Waals surface area contributed by atoms with E-state index in [0.717, 1.165) is 13.0 Å². The topological polar surface area (TPSA) is 50.4 Å². The molecule has 0 unspecified atom stereocenters. The first-order chi connectivity index (χ1) is 8.79. The Morgan fingerprint density at radius 2 is 2.44 bits per heavy atom. The van der Waals surface area contributed by atoms with Crippen LogP contribution in [-0.4, -0.2) is 32.1 Å². The largest absolute Gasteiger partial charge is 0.497 e. The molecule has 1 heterocycles. The first-order valence-corrected chi connectivity index (χ1v) is 6.45. The molecule has 0 aliphatic carbocycles. The van der Waals surface area contributed by atoms with Crippen molar-refractivity contribution in [2.45, 2.75) is 25.3 Å². The van der Waals surface area contributed by atoms with Crippen LogP contribution < -0.4 is 15.4 Å². The average Bonchev–Trinajstić information content (AvgIpc) is 2.92. The second-order valence-corrected chi connectivity index (χ2v) is 4.57. The van der Waals surface area contributed by atoms with Crippen molar-refractivity contribution in [3.05, 3.63) is 29.8 Å². The Kier molecular flexibility index (Phi) is 4.59. The van der Waals surface area contributed by atoms with Gasteiger partial charge in [0.25, 0.3) is 5.91 Å². The fourth-order valence-corrected chi connectivity index (χ4v) is 2.23. The fraction of sp³-hybridized carbons (Fsp3) is 0.500. The Hall–Kier alpha value is -1.55. The van der Waals surface area contributed by atoms with E-state index in [9.17, 15) is 4.79 Å². The third kappa shape index (κ3) is 3.47. The van der Waals surface area contributed by atoms with Crippen molar-refractivity contribution in [2.75, 3.05) is 20.2 Å². The molecule has 98 valence electrons. The van der Waals surface area contributed by atoms with Gasteiger partial charge in [-0.3, -0.25) is 4.79 Å². The minimum atomic E-state index is -0.0353. The van der Waals surface area contributed by atoms with Crippen molar-refractivity contribution in [1.82, 2.24) is 10.6 Å². The molecule has 0 radical (unpaired) electrons. The summed E-state index contributed by atoms with van der Waals surface area (Å²) in [7, 11) is 1.60. The number of amides is 1. The van der Waals surface area contributed by atoms with E-state index in [1.807, 2.05) is 12.1 Å². The lowest BCUT2D eigenvalue weighted by molar-refractivity contribution is 0.0952. The molecule has 1 saturated heterocycles. The summed E-state index contributed by atoms with van der Waals surface area (Å²) in [6, 6.07) is 7.77. The van der Waals surface area contributed by atoms with Gasteiger partial charge in [0, 0.05) is 18.2 Å². The highest BCUT2D eigenvalue weighted by atomic mass is 16.5. The lowest BCUT2D eigenvalue weighted by atomic mass is 10.1. The van der Waals surface area contributed by atoms with E-state index >= 15 is 0 Å². The number of methoxy groups -OCH3 is 1. The Morgan fingerprint density at radius 3 is 3.17 bits per heavy atom. The molecule has 1 aliphatic heterocycles. The first-order valence-electron chi connectivity index (χ1n) is 6.45. The Labute approximate surface area is 108 Å². The van der Waals surface area contributed by atoms with E-state index in [4.69, 9.17) is 4.74 Å². The van der Waals surface area contributed by atoms with Gasteiger partial charge in [0.2, 0.25) is 0 Å². The summed E-state index contributed by atoms with van der Waals surface area (Å²) in [5.74, 6) is 0.673. The maximum absolute atomic E-state index is 11.9. The maximum Gasteiger partial charge on any atom is 0.251 e. The summed E-state index contributed by atoms with van der Waals surface area (Å²) in [5.41, 5.74) is 0.647. The molecule has 2 rings (SSSR count). The van der Waals surface area contributed by atoms with Gasteiger partial charge in [-0.1, -0.05) is 6.07 Å². The minimum absolute atomic E-state index is 0.0353. The van der Waals surface area contributed by atoms with E-state index in [-0.39, 0.29) is 5.91 Å². The lowest BCUT2D eigenvalue weighted by Crippen LogP contribution is -2.30. The van der Waals surface area contributed by atoms with Crippen molar-refractivity contribution in [3.8, 4) is 5.75 Å². The number of ether oxygens (including phenoxy) is 1. The van der Waals surface area contributed by atoms with Crippen molar-refractivity contribution in [1.29, 1.82) is 0 Å². The van der Waals surface area contributed by atoms with Crippen LogP contribution in [0.4, 0.5) is 0 Å². The van der Waals surface area contributed by atoms with Crippen LogP contribution in [0, 0.1) is 0 Å². The van der Waals surface area contributed by atoms with Crippen molar-refractivity contribution in [3.63, 3.8) is 0 Å². The molecule has 4 nitrogen and oxygen atoms in total. The molecule has 0 saturated carbocycles. The molecule has 1 aromatic carbocycles. The summed E-state index contributed by atoms with van der Waals surface area (Å²) < 4.78 is 5.10. The van der Waals surface area contributed by atoms with Gasteiger partial charge in [0.05, 0.1) is 7.11 Å². The second-order valence-electron chi connectivity index (χ2n) is 4.57. The van der Waals surface area contributed by atoms with Crippen LogP contribution in [0.25, 0.3) is 0 Å². The minimum Gasteiger partial charge on any atom is -0.497 e. The van der Waals surface area contributed by atoms with Gasteiger partial charge in [-0.2, -0.15) is 0 Å². The molecular weight excluding hydrogens is 228 g/mol. The summed E-state index contributed by atoms with van der Waals surface area (Å²) in [4.78, 5) is 11.9. The number of carbonyl (C=O) groups excluding carboxylic acids is 1. The van der Waals surface area contributed by atoms with Crippen molar-refractivity contribution < 1.29 is 9.53 Å². The third-order valence-electron chi connectivity index (χ3n) is 3.27. The van der Waals surface area contributed by atoms with Crippen LogP contribution in [-0.2, 0) is 0 Å². The quantitative estimate of drug-likeness (QED) is 0.831. The SMILES string of the molecule is COc1cccc(C(=O)NCC[C@@H]2CCCN2)c1. The maximum atomic E-state index is 11.9. The molecule has 18 heavy (non-hydrogen) atoms. The molecule has 4 heteroatoms. The van der Waals surface area contributed by atoms with Crippen LogP contribution in [0.2, 0.25) is 0 Å². The van der Waals surface area contributed by atoms with Crippen LogP contribution >= 0.6 is 0 Å². The molecule has 1 atom stereocenters. The summed E-state index contributed by atoms with van der Waals surface area (Å²) >= 11 is 0. The van der Waals surface area contributed by atoms with E-state index in [1.54, 1.807) is 19.2 Å². The first kappa shape index (κ1) is 12.9. The highest BCUT2D eigenvalue weighted by Crippen LogP contribution is 2.12. The summed E-state index contributed by atoms with van der Waals surface area (Å²) in [5, 5.41) is 6.36. The number of rotatable bonds is 5. The van der Waals surface area contributed by atoms with Gasteiger partial charge >= 0.3 is 0 Å². The molecule has 1 aliphatic rings. The lowest BCUT2D eigenvalue weighted by Gasteiger charge is -2.11. The van der Waals surface area contributed by atoms with E-state index < -0.39 is 0 Å². The fourth-order valence-electron chi connectivity index (χ4n) is 2.23. The van der Waals surface area contributed by atoms with Crippen LogP contribution in [0.5, 0.6) is 5.75 Å². The van der Waals surface area contributed by atoms with E-state index in [0.29, 0.717) is 23.9 Å². The Morgan fingerprint density at radius 1 is 1.56 bits per heavy atom.